The van der Waals surface area contributed by atoms with Gasteiger partial charge in [-0.3, -0.25) is 20.4 Å². The first kappa shape index (κ1) is 101. The fraction of sp³-hybridized carbons (Fsp3) is 0.312. The highest BCUT2D eigenvalue weighted by molar-refractivity contribution is 8.16. The molecule has 5 heterocycles. The summed E-state index contributed by atoms with van der Waals surface area (Å²) in [6, 6.07) is 37.6. The number of aliphatic hydroxyl groups excluding tert-OH is 1. The first-order chi connectivity index (χ1) is 51.2. The molecule has 0 saturated carbocycles. The molecule has 6 aromatic rings. The van der Waals surface area contributed by atoms with Crippen molar-refractivity contribution in [2.75, 3.05) is 76.1 Å². The van der Waals surface area contributed by atoms with Crippen LogP contribution in [0.3, 0.4) is 0 Å². The van der Waals surface area contributed by atoms with E-state index in [0.29, 0.717) is 53.4 Å². The van der Waals surface area contributed by atoms with E-state index < -0.39 is 89.4 Å². The SMILES string of the molecule is CC(C)COO.CN1C(=O)NC(c2ccc(Cl)cc2)CS1(=O)=O.CN1C(=S)NC(c2ccc(Cl)cc2)CS1(=O)=O.CN1C(N)=NC(c2ccc(Cl)cc2)CS1(=O)=O.CO.CSC(=N)N.CSC1=NC(c2ccc(Cl)cc2)CS(=O)(=O)N1.N.O=C1NC(c2ccc(Cl)cc2)CS(=O)(=O)N1.O=S(=O)(Cl)/C=C/c1ccc(Cl)cc1. The standard InChI is InChI=1S/C10H12ClN3O2S.C10H11ClN2O3S.2C10H11ClN2O2S2.C9H9ClN2O3S.C8H6Cl2O2S.C4H10O2.C2H6N2S.CH4O.H3N/c1-14-10(12)13-9(6-17(14,15)16)7-2-4-8(11)5-3-7;1-13-10(14)12-9(6-17(13,15)16)7-2-4-8(11)5-3-7;1-16-10-12-9(6-17(14,15)13-10)7-2-4-8(11)5-3-7;1-13-10(16)12-9(6-17(13,14)15)7-2-4-8(11)5-3-7;10-7-3-1-6(2-4-7)8-5-16(14,15)12-9(13)11-8;9-8-3-1-7(2-4-8)5-6-13(10,11)12;1-4(2)3-6-5;1-5-2(3)4;1-2;/h2-5,9H,6H2,1H3,(H2,12,13);2-5,9H,6H2,1H3,(H,12,14);2-5,9H,6H2,1H3,(H,12,13);2-5,9H,6H2,1H3,(H,12,16);1-4,8H,5H2,(H2,11,12,13);1-6H;4-5H,3H2,1-2H3;1H3,(H3,3,4);2H,1H3;1H3/b;;;;;6-5+;;;;. The summed E-state index contributed by atoms with van der Waals surface area (Å²) in [5.74, 6) is 0.0127. The second kappa shape index (κ2) is 47.0. The van der Waals surface area contributed by atoms with Gasteiger partial charge in [0, 0.05) is 74.5 Å². The van der Waals surface area contributed by atoms with Gasteiger partial charge in [-0.15, -0.1) is 0 Å². The van der Waals surface area contributed by atoms with Crippen molar-refractivity contribution < 1.29 is 75.3 Å². The summed E-state index contributed by atoms with van der Waals surface area (Å²) >= 11 is 42.0. The molecular weight excluding hydrogens is 1770 g/mol. The molecule has 5 unspecified atom stereocenters. The molecule has 3 saturated heterocycles. The van der Waals surface area contributed by atoms with Gasteiger partial charge in [0.25, 0.3) is 9.05 Å². The Morgan fingerprint density at radius 1 is 0.577 bits per heavy atom. The van der Waals surface area contributed by atoms with Crippen molar-refractivity contribution >= 4 is 215 Å². The van der Waals surface area contributed by atoms with E-state index in [1.807, 2.05) is 18.6 Å². The molecule has 47 heteroatoms. The first-order valence-electron chi connectivity index (χ1n) is 31.2. The Kier molecular flexibility index (Phi) is 42.7. The van der Waals surface area contributed by atoms with E-state index in [1.54, 1.807) is 158 Å². The number of thioether (sulfide) groups is 2. The van der Waals surface area contributed by atoms with Crippen molar-refractivity contribution in [3.63, 3.8) is 0 Å². The number of carbonyl (C=O) groups excluding carboxylic acids is 2. The summed E-state index contributed by atoms with van der Waals surface area (Å²) in [6.07, 6.45) is 4.95. The predicted molar refractivity (Wildman–Crippen MR) is 452 cm³/mol. The van der Waals surface area contributed by atoms with Crippen LogP contribution < -0.4 is 43.0 Å². The Hall–Kier alpha value is -6.23. The molecule has 11 rings (SSSR count). The number of aliphatic hydroxyl groups is 1. The number of hydrogen-bond acceptors (Lipinski definition) is 25. The number of sulfonamides is 5. The zero-order valence-electron chi connectivity index (χ0n) is 60.2. The highest BCUT2D eigenvalue weighted by Gasteiger charge is 2.37. The molecule has 111 heavy (non-hydrogen) atoms. The lowest BCUT2D eigenvalue weighted by Crippen LogP contribution is -2.51. The first-order valence-corrected chi connectivity index (χ1v) is 46.8. The Balaban J connectivity index is 0.000000438. The number of nitrogens with one attached hydrogen (secondary N) is 6. The predicted octanol–water partition coefficient (Wildman–Crippen LogP) is 10.9. The lowest BCUT2D eigenvalue weighted by atomic mass is 10.1. The molecule has 5 aliphatic heterocycles. The largest absolute Gasteiger partial charge is 0.400 e. The number of nitrogens with zero attached hydrogens (tertiary/aromatic N) is 5. The smallest absolute Gasteiger partial charge is 0.331 e. The van der Waals surface area contributed by atoms with Crippen LogP contribution in [0.15, 0.2) is 161 Å². The normalized spacial score (nSPS) is 19.9. The van der Waals surface area contributed by atoms with E-state index in [2.05, 4.69) is 35.5 Å². The second-order valence-electron chi connectivity index (χ2n) is 23.0. The van der Waals surface area contributed by atoms with Crippen LogP contribution in [0, 0.1) is 11.3 Å². The fourth-order valence-electron chi connectivity index (χ4n) is 8.72. The van der Waals surface area contributed by atoms with E-state index >= 15 is 0 Å². The molecule has 6 aromatic carbocycles. The number of halogens is 7. The molecule has 4 amide bonds. The van der Waals surface area contributed by atoms with E-state index in [4.69, 9.17) is 120 Å². The number of aliphatic imine (C=N–C) groups is 2. The molecule has 614 valence electrons. The number of amidine groups is 2. The van der Waals surface area contributed by atoms with E-state index in [0.717, 1.165) is 53.3 Å². The molecule has 3 fully saturated rings. The number of guanidine groups is 1. The van der Waals surface area contributed by atoms with Gasteiger partial charge in [-0.05, 0) is 143 Å². The van der Waals surface area contributed by atoms with Crippen LogP contribution in [0.1, 0.15) is 77.4 Å². The summed E-state index contributed by atoms with van der Waals surface area (Å²) in [4.78, 5) is 34.9. The van der Waals surface area contributed by atoms with Crippen LogP contribution in [0.25, 0.3) is 6.08 Å². The van der Waals surface area contributed by atoms with Gasteiger partial charge in [-0.2, -0.15) is 0 Å². The topological polar surface area (TPSA) is 494 Å². The van der Waals surface area contributed by atoms with Crippen molar-refractivity contribution in [3.8, 4) is 0 Å². The molecule has 0 aliphatic carbocycles. The number of carbonyl (C=O) groups is 2. The van der Waals surface area contributed by atoms with Crippen LogP contribution in [0.2, 0.25) is 30.1 Å². The number of benzene rings is 6. The zero-order chi connectivity index (χ0) is 83.3. The van der Waals surface area contributed by atoms with Crippen molar-refractivity contribution in [1.29, 1.82) is 5.41 Å². The van der Waals surface area contributed by atoms with Gasteiger partial charge in [0.2, 0.25) is 56.1 Å². The van der Waals surface area contributed by atoms with Crippen LogP contribution in [0.4, 0.5) is 9.59 Å². The van der Waals surface area contributed by atoms with Crippen molar-refractivity contribution in [2.45, 2.75) is 44.1 Å². The third-order valence-corrected chi connectivity index (χ3v) is 26.2. The Morgan fingerprint density at radius 3 is 1.24 bits per heavy atom. The molecule has 0 spiro atoms. The van der Waals surface area contributed by atoms with Crippen molar-refractivity contribution in [3.05, 3.63) is 215 Å². The van der Waals surface area contributed by atoms with Gasteiger partial charge < -0.3 is 38.7 Å². The summed E-state index contributed by atoms with van der Waals surface area (Å²) < 4.78 is 145. The van der Waals surface area contributed by atoms with Crippen LogP contribution in [-0.4, -0.2) is 183 Å². The zero-order valence-corrected chi connectivity index (χ0v) is 72.8. The van der Waals surface area contributed by atoms with Gasteiger partial charge in [0.1, 0.15) is 0 Å². The maximum Gasteiger partial charge on any atom is 0.331 e. The minimum Gasteiger partial charge on any atom is -0.400 e. The lowest BCUT2D eigenvalue weighted by molar-refractivity contribution is -0.248. The molecule has 0 bridgehead atoms. The molecule has 5 atom stereocenters. The van der Waals surface area contributed by atoms with Gasteiger partial charge in [0.05, 0.1) is 65.6 Å². The highest BCUT2D eigenvalue weighted by atomic mass is 35.7. The molecule has 0 radical (unpaired) electrons. The van der Waals surface area contributed by atoms with Crippen molar-refractivity contribution in [2.24, 2.45) is 27.4 Å². The van der Waals surface area contributed by atoms with Crippen LogP contribution in [0.5, 0.6) is 0 Å². The number of thiocarbonyl (C=S) groups is 1. The maximum absolute atomic E-state index is 11.8. The molecule has 31 nitrogen and oxygen atoms in total. The summed E-state index contributed by atoms with van der Waals surface area (Å²) in [7, 11) is -10.6. The molecular formula is C64H83Cl7N14O17S9. The average molecular weight is 1860 g/mol. The van der Waals surface area contributed by atoms with E-state index in [1.165, 1.54) is 50.7 Å². The Morgan fingerprint density at radius 2 is 0.919 bits per heavy atom. The summed E-state index contributed by atoms with van der Waals surface area (Å²) in [5, 5.41) is 34.7. The average Bonchev–Trinajstić information content (AvgIpc) is 0.812. The lowest BCUT2D eigenvalue weighted by Gasteiger charge is -2.32. The second-order valence-corrected chi connectivity index (χ2v) is 39.9. The quantitative estimate of drug-likeness (QED) is 0.0160. The molecule has 0 aromatic heterocycles. The van der Waals surface area contributed by atoms with Crippen LogP contribution >= 0.6 is 116 Å². The third-order valence-electron chi connectivity index (χ3n) is 14.4. The monoisotopic (exact) mass is 1850 g/mol. The molecule has 5 aliphatic rings. The number of urea groups is 2. The Labute approximate surface area is 695 Å². The van der Waals surface area contributed by atoms with Gasteiger partial charge in [-0.1, -0.05) is 180 Å². The van der Waals surface area contributed by atoms with Gasteiger partial charge in [0.15, 0.2) is 15.4 Å². The summed E-state index contributed by atoms with van der Waals surface area (Å²) in [6.45, 7) is 4.37. The fourth-order valence-corrected chi connectivity index (χ4v) is 17.3. The minimum atomic E-state index is -3.57. The summed E-state index contributed by atoms with van der Waals surface area (Å²) in [5.41, 5.74) is 15.1. The van der Waals surface area contributed by atoms with Gasteiger partial charge in [-0.25, -0.2) is 87.6 Å². The molecule has 15 N–H and O–H groups in total. The Bertz CT molecular complexity index is 4700. The number of rotatable bonds is 9. The highest BCUT2D eigenvalue weighted by Crippen LogP contribution is 2.29. The maximum atomic E-state index is 11.8. The number of amides is 4. The van der Waals surface area contributed by atoms with Crippen molar-refractivity contribution in [1.82, 2.24) is 44.5 Å². The van der Waals surface area contributed by atoms with Crippen LogP contribution in [-0.2, 0) is 64.1 Å². The number of nitrogens with two attached hydrogens (primary N) is 2. The minimum absolute atomic E-state index is 0. The third kappa shape index (κ3) is 36.4. The number of hydrogen-bond donors (Lipinski definition) is 11. The van der Waals surface area contributed by atoms with Gasteiger partial charge >= 0.3 is 12.1 Å². The van der Waals surface area contributed by atoms with E-state index in [-0.39, 0.29) is 63.2 Å². The van der Waals surface area contributed by atoms with E-state index in [9.17, 15) is 60.1 Å².